The summed E-state index contributed by atoms with van der Waals surface area (Å²) in [4.78, 5) is 13.2. The van der Waals surface area contributed by atoms with Crippen LogP contribution >= 0.6 is 0 Å². The average molecular weight is 418 g/mol. The Morgan fingerprint density at radius 1 is 1.10 bits per heavy atom. The fourth-order valence-corrected chi connectivity index (χ4v) is 2.99. The highest BCUT2D eigenvalue weighted by molar-refractivity contribution is 5.94. The number of Topliss-reactive ketones (excluding diaryl/α,β-unsaturated/α-hetero) is 1. The second kappa shape index (κ2) is 9.21. The van der Waals surface area contributed by atoms with Crippen molar-refractivity contribution in [3.05, 3.63) is 59.2 Å². The van der Waals surface area contributed by atoms with Gasteiger partial charge in [-0.05, 0) is 54.8 Å². The number of hydrogen-bond acceptors (Lipinski definition) is 4. The number of benzene rings is 2. The summed E-state index contributed by atoms with van der Waals surface area (Å²) in [6, 6.07) is 12.1. The van der Waals surface area contributed by atoms with Gasteiger partial charge in [0.15, 0.2) is 5.78 Å². The third-order valence-electron chi connectivity index (χ3n) is 4.35. The van der Waals surface area contributed by atoms with Crippen LogP contribution in [0.25, 0.3) is 0 Å². The summed E-state index contributed by atoms with van der Waals surface area (Å²) >= 11 is 0. The number of rotatable bonds is 7. The van der Waals surface area contributed by atoms with Crippen LogP contribution in [0.4, 0.5) is 18.9 Å². The molecule has 0 amide bonds. The van der Waals surface area contributed by atoms with E-state index in [0.717, 1.165) is 6.07 Å². The molecule has 0 aliphatic rings. The van der Waals surface area contributed by atoms with Crippen molar-refractivity contribution in [3.8, 4) is 11.8 Å². The van der Waals surface area contributed by atoms with E-state index in [1.165, 1.54) is 19.1 Å². The molecule has 0 aromatic heterocycles. The minimum absolute atomic E-state index is 0.0424. The zero-order valence-corrected chi connectivity index (χ0v) is 17.5. The van der Waals surface area contributed by atoms with Crippen LogP contribution in [0.2, 0.25) is 0 Å². The molecule has 0 bridgehead atoms. The molecule has 0 saturated heterocycles. The lowest BCUT2D eigenvalue weighted by Gasteiger charge is -2.32. The molecule has 0 aliphatic carbocycles. The Kier molecular flexibility index (Phi) is 7.14. The number of nitriles is 1. The number of ether oxygens (including phenoxy) is 1. The van der Waals surface area contributed by atoms with Gasteiger partial charge in [-0.3, -0.25) is 4.79 Å². The first-order chi connectivity index (χ1) is 13.9. The average Bonchev–Trinajstić information content (AvgIpc) is 2.65. The van der Waals surface area contributed by atoms with Gasteiger partial charge < -0.3 is 9.64 Å². The molecule has 4 nitrogen and oxygen atoms in total. The first-order valence-electron chi connectivity index (χ1n) is 9.51. The second-order valence-electron chi connectivity index (χ2n) is 8.25. The molecular weight excluding hydrogens is 393 g/mol. The van der Waals surface area contributed by atoms with Gasteiger partial charge in [0.05, 0.1) is 23.7 Å². The van der Waals surface area contributed by atoms with Crippen LogP contribution in [0.5, 0.6) is 5.75 Å². The van der Waals surface area contributed by atoms with Crippen molar-refractivity contribution < 1.29 is 22.7 Å². The van der Waals surface area contributed by atoms with Crippen molar-refractivity contribution in [2.45, 2.75) is 33.9 Å². The molecular formula is C23H25F3N2O2. The Balaban J connectivity index is 2.20. The molecule has 0 atom stereocenters. The summed E-state index contributed by atoms with van der Waals surface area (Å²) in [5.41, 5.74) is -0.554. The second-order valence-corrected chi connectivity index (χ2v) is 8.25. The van der Waals surface area contributed by atoms with Gasteiger partial charge in [-0.15, -0.1) is 0 Å². The van der Waals surface area contributed by atoms with E-state index in [-0.39, 0.29) is 17.8 Å². The van der Waals surface area contributed by atoms with E-state index in [0.29, 0.717) is 30.1 Å². The van der Waals surface area contributed by atoms with E-state index >= 15 is 0 Å². The molecule has 0 fully saturated rings. The maximum Gasteiger partial charge on any atom is 0.417 e. The number of carbonyl (C=O) groups is 1. The molecule has 0 radical (unpaired) electrons. The minimum Gasteiger partial charge on any atom is -0.492 e. The normalized spacial score (nSPS) is 11.7. The predicted octanol–water partition coefficient (Wildman–Crippen LogP) is 5.71. The zero-order chi connectivity index (χ0) is 22.5. The fourth-order valence-electron chi connectivity index (χ4n) is 2.99. The molecule has 0 spiro atoms. The number of nitrogens with zero attached hydrogens (tertiary/aromatic N) is 2. The van der Waals surface area contributed by atoms with Crippen molar-refractivity contribution >= 4 is 11.5 Å². The Labute approximate surface area is 174 Å². The lowest BCUT2D eigenvalue weighted by Crippen LogP contribution is -2.36. The van der Waals surface area contributed by atoms with E-state index in [9.17, 15) is 18.0 Å². The van der Waals surface area contributed by atoms with Crippen LogP contribution in [0.3, 0.4) is 0 Å². The van der Waals surface area contributed by atoms with E-state index in [1.54, 1.807) is 30.3 Å². The maximum absolute atomic E-state index is 13.4. The standard InChI is InChI=1S/C23H25F3N2O2/c1-16(29)17-6-9-20(10-7-17)30-12-11-28(15-22(2,3)4)19-8-5-18(14-27)21(13-19)23(24,25)26/h5-10,13H,11-12,15H2,1-4H3. The molecule has 0 heterocycles. The summed E-state index contributed by atoms with van der Waals surface area (Å²) < 4.78 is 45.8. The molecule has 0 aliphatic heterocycles. The molecule has 160 valence electrons. The molecule has 0 saturated carbocycles. The van der Waals surface area contributed by atoms with Crippen LogP contribution in [-0.2, 0) is 6.18 Å². The highest BCUT2D eigenvalue weighted by atomic mass is 19.4. The first-order valence-corrected chi connectivity index (χ1v) is 9.51. The van der Waals surface area contributed by atoms with Gasteiger partial charge in [-0.1, -0.05) is 20.8 Å². The van der Waals surface area contributed by atoms with Crippen LogP contribution in [0.1, 0.15) is 49.2 Å². The molecule has 2 rings (SSSR count). The Morgan fingerprint density at radius 2 is 1.73 bits per heavy atom. The lowest BCUT2D eigenvalue weighted by atomic mass is 9.95. The highest BCUT2D eigenvalue weighted by Crippen LogP contribution is 2.35. The van der Waals surface area contributed by atoms with Crippen LogP contribution in [0, 0.1) is 16.7 Å². The van der Waals surface area contributed by atoms with E-state index in [4.69, 9.17) is 10.00 Å². The number of anilines is 1. The van der Waals surface area contributed by atoms with E-state index in [2.05, 4.69) is 0 Å². The molecule has 2 aromatic carbocycles. The largest absolute Gasteiger partial charge is 0.492 e. The van der Waals surface area contributed by atoms with Crippen molar-refractivity contribution in [2.75, 3.05) is 24.6 Å². The Bertz CT molecular complexity index is 923. The van der Waals surface area contributed by atoms with Crippen LogP contribution in [0.15, 0.2) is 42.5 Å². The Hall–Kier alpha value is -3.01. The van der Waals surface area contributed by atoms with Gasteiger partial charge in [0, 0.05) is 17.8 Å². The van der Waals surface area contributed by atoms with Crippen LogP contribution < -0.4 is 9.64 Å². The maximum atomic E-state index is 13.4. The van der Waals surface area contributed by atoms with E-state index in [1.807, 2.05) is 25.7 Å². The minimum atomic E-state index is -4.61. The SMILES string of the molecule is CC(=O)c1ccc(OCCN(CC(C)(C)C)c2ccc(C#N)c(C(F)(F)F)c2)cc1. The molecule has 2 aromatic rings. The smallest absolute Gasteiger partial charge is 0.417 e. The van der Waals surface area contributed by atoms with E-state index < -0.39 is 17.3 Å². The third-order valence-corrected chi connectivity index (χ3v) is 4.35. The summed E-state index contributed by atoms with van der Waals surface area (Å²) in [5.74, 6) is 0.533. The van der Waals surface area contributed by atoms with Gasteiger partial charge in [0.1, 0.15) is 12.4 Å². The predicted molar refractivity (Wildman–Crippen MR) is 110 cm³/mol. The lowest BCUT2D eigenvalue weighted by molar-refractivity contribution is -0.137. The van der Waals surface area contributed by atoms with Gasteiger partial charge in [-0.25, -0.2) is 0 Å². The van der Waals surface area contributed by atoms with Gasteiger partial charge in [-0.2, -0.15) is 18.4 Å². The van der Waals surface area contributed by atoms with Gasteiger partial charge in [0.25, 0.3) is 0 Å². The number of hydrogen-bond donors (Lipinski definition) is 0. The number of halogens is 3. The van der Waals surface area contributed by atoms with Gasteiger partial charge in [0.2, 0.25) is 0 Å². The number of ketones is 1. The summed E-state index contributed by atoms with van der Waals surface area (Å²) in [6.07, 6.45) is -4.61. The Morgan fingerprint density at radius 3 is 2.23 bits per heavy atom. The van der Waals surface area contributed by atoms with Crippen molar-refractivity contribution in [1.82, 2.24) is 0 Å². The summed E-state index contributed by atoms with van der Waals surface area (Å²) in [6.45, 7) is 8.57. The third kappa shape index (κ3) is 6.51. The monoisotopic (exact) mass is 418 g/mol. The summed E-state index contributed by atoms with van der Waals surface area (Å²) in [7, 11) is 0. The fraction of sp³-hybridized carbons (Fsp3) is 0.391. The van der Waals surface area contributed by atoms with Crippen LogP contribution in [-0.4, -0.2) is 25.5 Å². The molecule has 0 N–H and O–H groups in total. The van der Waals surface area contributed by atoms with Crippen molar-refractivity contribution in [2.24, 2.45) is 5.41 Å². The first kappa shape index (κ1) is 23.3. The van der Waals surface area contributed by atoms with Gasteiger partial charge >= 0.3 is 6.18 Å². The summed E-state index contributed by atoms with van der Waals surface area (Å²) in [5, 5.41) is 9.01. The topological polar surface area (TPSA) is 53.3 Å². The van der Waals surface area contributed by atoms with Crippen molar-refractivity contribution in [1.29, 1.82) is 5.26 Å². The van der Waals surface area contributed by atoms with Crippen molar-refractivity contribution in [3.63, 3.8) is 0 Å². The highest BCUT2D eigenvalue weighted by Gasteiger charge is 2.34. The zero-order valence-electron chi connectivity index (χ0n) is 17.5. The molecule has 0 unspecified atom stereocenters. The number of alkyl halides is 3. The molecule has 7 heteroatoms. The number of carbonyl (C=O) groups excluding carboxylic acids is 1. The molecule has 30 heavy (non-hydrogen) atoms. The quantitative estimate of drug-likeness (QED) is 0.541.